The molecule has 0 radical (unpaired) electrons. The fraction of sp³-hybridized carbons (Fsp3) is 0.269. The Labute approximate surface area is 822 Å². The average molecular weight is 1830 g/mol. The lowest BCUT2D eigenvalue weighted by Gasteiger charge is -2.15. The molecular formula is C104H108F4N16O8. The molecule has 0 aliphatic carbocycles. The number of carbonyl (C=O) groups excluding carboxylic acids is 4. The molecule has 24 nitrogen and oxygen atoms in total. The number of pyridine rings is 4. The molecule has 12 rings (SSSR count). The van der Waals surface area contributed by atoms with Gasteiger partial charge in [-0.25, -0.2) is 17.6 Å². The van der Waals surface area contributed by atoms with Crippen molar-refractivity contribution < 1.29 is 109 Å². The molecule has 0 saturated heterocycles. The summed E-state index contributed by atoms with van der Waals surface area (Å²) in [5.74, 6) is -7.81. The first-order chi connectivity index (χ1) is 78.8. The molecule has 28 heteroatoms. The monoisotopic (exact) mass is 1820 g/mol. The van der Waals surface area contributed by atoms with Crippen LogP contribution in [-0.2, 0) is 44.9 Å². The minimum absolute atomic E-state index is 0.0155. The van der Waals surface area contributed by atoms with Crippen LogP contribution in [0.15, 0.2) is 194 Å². The summed E-state index contributed by atoms with van der Waals surface area (Å²) < 4.78 is 386. The third-order valence-corrected chi connectivity index (χ3v) is 17.9. The topological polar surface area (TPSA) is 313 Å². The maximum absolute atomic E-state index is 14.4. The van der Waals surface area contributed by atoms with E-state index in [-0.39, 0.29) is 195 Å². The molecule has 0 unspecified atom stereocenters. The largest absolute Gasteiger partial charge is 0.494 e. The predicted octanol–water partition coefficient (Wildman–Crippen LogP) is 19.7. The number of likely N-dealkylation sites (N-methyl/N-ethyl adjacent to an activating group) is 4. The van der Waals surface area contributed by atoms with Crippen LogP contribution in [0.2, 0.25) is 0 Å². The zero-order valence-corrected chi connectivity index (χ0v) is 72.8. The van der Waals surface area contributed by atoms with Gasteiger partial charge in [0, 0.05) is 192 Å². The van der Waals surface area contributed by atoms with Crippen LogP contribution >= 0.6 is 0 Å². The first-order valence-corrected chi connectivity index (χ1v) is 39.2. The number of ketones is 4. The maximum Gasteiger partial charge on any atom is 0.159 e. The van der Waals surface area contributed by atoms with Crippen LogP contribution in [0.25, 0.3) is 43.6 Å². The summed E-state index contributed by atoms with van der Waals surface area (Å²) in [4.78, 5) is 71.8. The molecule has 4 aromatic heterocycles. The summed E-state index contributed by atoms with van der Waals surface area (Å²) in [5.41, 5.74) is -0.889. The van der Waals surface area contributed by atoms with Crippen molar-refractivity contribution in [1.82, 2.24) is 39.5 Å². The number of aromatic nitrogens is 4. The molecule has 4 heterocycles. The number of benzene rings is 8. The van der Waals surface area contributed by atoms with Crippen molar-refractivity contribution >= 4 is 112 Å². The van der Waals surface area contributed by atoms with Crippen LogP contribution in [0, 0.1) is 96.3 Å². The fourth-order valence-corrected chi connectivity index (χ4v) is 11.9. The first-order valence-electron chi connectivity index (χ1n) is 58.7. The van der Waals surface area contributed by atoms with Gasteiger partial charge in [-0.15, -0.1) is 0 Å². The van der Waals surface area contributed by atoms with Crippen molar-refractivity contribution in [3.05, 3.63) is 284 Å². The Bertz CT molecular complexity index is 8510. The quantitative estimate of drug-likeness (QED) is 0.0209. The zero-order chi connectivity index (χ0) is 130. The lowest BCUT2D eigenvalue weighted by atomic mass is 10.0. The lowest BCUT2D eigenvalue weighted by molar-refractivity contribution is -0.114. The van der Waals surface area contributed by atoms with E-state index in [1.165, 1.54) is 64.4 Å². The van der Waals surface area contributed by atoms with Gasteiger partial charge in [0.05, 0.1) is 122 Å². The second-order valence-electron chi connectivity index (χ2n) is 28.0. The maximum atomic E-state index is 14.4. The van der Waals surface area contributed by atoms with E-state index in [2.05, 4.69) is 41.2 Å². The van der Waals surface area contributed by atoms with Crippen LogP contribution < -0.4 is 40.2 Å². The van der Waals surface area contributed by atoms with E-state index in [0.717, 1.165) is 52.6 Å². The highest BCUT2D eigenvalue weighted by Crippen LogP contribution is 2.40. The number of anilines is 8. The average Bonchev–Trinajstić information content (AvgIpc) is 0.763. The van der Waals surface area contributed by atoms with Crippen molar-refractivity contribution in [3.8, 4) is 47.3 Å². The van der Waals surface area contributed by atoms with Crippen LogP contribution in [0.5, 0.6) is 23.0 Å². The Morgan fingerprint density at radius 1 is 0.409 bits per heavy atom. The highest BCUT2D eigenvalue weighted by atomic mass is 19.1. The number of hydrogen-bond acceptors (Lipinski definition) is 24. The summed E-state index contributed by atoms with van der Waals surface area (Å²) in [6, 6.07) is 8.20. The van der Waals surface area contributed by atoms with Gasteiger partial charge in [-0.3, -0.25) is 39.1 Å². The fourth-order valence-electron chi connectivity index (χ4n) is 11.9. The molecule has 0 bridgehead atoms. The number of hydrogen-bond donors (Lipinski definition) is 4. The van der Waals surface area contributed by atoms with Gasteiger partial charge in [0.1, 0.15) is 70.5 Å². The van der Waals surface area contributed by atoms with E-state index in [4.69, 9.17) is 72.4 Å². The van der Waals surface area contributed by atoms with Gasteiger partial charge in [0.25, 0.3) is 0 Å². The third kappa shape index (κ3) is 28.5. The molecular weight excluding hydrogens is 1680 g/mol. The molecule has 12 aromatic rings. The summed E-state index contributed by atoms with van der Waals surface area (Å²) in [6.07, 6.45) is 4.11. The molecule has 0 fully saturated rings. The number of fused-ring (bicyclic) bond motifs is 4. The molecule has 680 valence electrons. The zero-order valence-electron chi connectivity index (χ0n) is 112. The Balaban J connectivity index is 0.000000250. The molecule has 8 aromatic carbocycles. The molecule has 0 aliphatic rings. The van der Waals surface area contributed by atoms with Crippen molar-refractivity contribution in [2.45, 2.75) is 81.0 Å². The van der Waals surface area contributed by atoms with Crippen molar-refractivity contribution in [2.75, 3.05) is 130 Å². The minimum atomic E-state index is -3.33. The van der Waals surface area contributed by atoms with Crippen LogP contribution in [0.4, 0.5) is 63.1 Å². The van der Waals surface area contributed by atoms with Gasteiger partial charge in [-0.2, -0.15) is 21.0 Å². The Morgan fingerprint density at radius 3 is 0.917 bits per heavy atom. The van der Waals surface area contributed by atoms with Gasteiger partial charge in [0.2, 0.25) is 0 Å². The van der Waals surface area contributed by atoms with E-state index >= 15 is 0 Å². The summed E-state index contributed by atoms with van der Waals surface area (Å²) in [7, 11) is 6.34. The van der Waals surface area contributed by atoms with Crippen molar-refractivity contribution in [3.63, 3.8) is 0 Å². The Morgan fingerprint density at radius 2 is 0.674 bits per heavy atom. The van der Waals surface area contributed by atoms with Gasteiger partial charge >= 0.3 is 0 Å². The number of nitriles is 4. The number of nitrogens with zero attached hydrogens (tertiary/aromatic N) is 12. The number of ether oxygens (including phenoxy) is 4. The number of nitrogens with one attached hydrogen (secondary N) is 4. The second-order valence-corrected chi connectivity index (χ2v) is 28.0. The van der Waals surface area contributed by atoms with Gasteiger partial charge in [-0.1, -0.05) is 24.3 Å². The number of halogens is 4. The SMILES string of the molecule is [2H]/C(=C\C([2H])([2H])N(C)C([2H])([2H])[2H])C(=O)Cc1cc2c(Nc3c([2H])c([2H])c(F)c(C)c3[2H])c(C#N)cnc2cc1OC([2H])([2H])C.[2H]/C(=C\C([2H])([2H])N(C)C([2H])([2H])[2H])C(=O)Cc1cc2c(Nc3c([2H])c([2H])c(F)c(C)c3[2H])c(C#N)cnc2cc1OC([2H])([2H])C([2H])([2H])[2H].[2H]/C(=C\C([2H])([2H])N(C)C([2H])([2H])[2H])C(=O)Cc1cc2c(Nc3c([2H])c([2H])c(F)c(C)c3[2H])c(C#N)cnc2cc1OCC.[2H]/C(CN(C)C)=C(/[2H])C(=O)Cc1cc2c(Nc3c([2H])c([2H])c(F)c(C)c3[2H])c(C#N)cnc2cc1OCC. The van der Waals surface area contributed by atoms with Gasteiger partial charge < -0.3 is 59.8 Å². The highest BCUT2D eigenvalue weighted by molar-refractivity contribution is 6.03. The van der Waals surface area contributed by atoms with E-state index < -0.39 is 216 Å². The lowest BCUT2D eigenvalue weighted by Crippen LogP contribution is -2.11. The third-order valence-electron chi connectivity index (χ3n) is 17.9. The van der Waals surface area contributed by atoms with Gasteiger partial charge in [-0.05, 0) is 255 Å². The molecule has 0 aliphatic heterocycles. The van der Waals surface area contributed by atoms with E-state index in [1.54, 1.807) is 45.0 Å². The molecule has 0 atom stereocenters. The molecule has 132 heavy (non-hydrogen) atoms. The van der Waals surface area contributed by atoms with E-state index in [9.17, 15) is 57.8 Å². The normalized spacial score (nSPS) is 16.8. The van der Waals surface area contributed by atoms with Crippen LogP contribution in [0.3, 0.4) is 0 Å². The van der Waals surface area contributed by atoms with Crippen LogP contribution in [-0.4, -0.2) is 171 Å². The molecule has 0 amide bonds. The van der Waals surface area contributed by atoms with E-state index in [0.29, 0.717) is 55.1 Å². The minimum Gasteiger partial charge on any atom is -0.494 e. The Kier molecular flexibility index (Phi) is 21.7. The summed E-state index contributed by atoms with van der Waals surface area (Å²) in [6.45, 7) is -15.4. The van der Waals surface area contributed by atoms with Crippen molar-refractivity contribution in [2.24, 2.45) is 0 Å². The van der Waals surface area contributed by atoms with Crippen LogP contribution in [0.1, 0.15) is 148 Å². The molecule has 0 saturated carbocycles. The Hall–Kier alpha value is -15.0. The summed E-state index contributed by atoms with van der Waals surface area (Å²) >= 11 is 0. The molecule has 0 spiro atoms. The van der Waals surface area contributed by atoms with E-state index in [1.807, 2.05) is 24.3 Å². The first kappa shape index (κ1) is 58.5. The standard InChI is InChI=1S/4C26H27FN4O2/c4*1-5-33-25-14-24-22(13-18(25)12-21(32)7-6-10-31(3)4)26(19(15-28)16-29-24)30-20-8-9-23(27)17(2)11-20/h4*6-9,11,13-14,16H,5,10,12H2,1-4H3,(H,29,30)/b4*7-6+/i1D3,3D3,5D2,7D,8D,9D,10D2,11D;3D3,5D2,7D,8D,9D,10D2,11D;3D3,7D,8D,9D,10D2,11D;6D,7D,8D,9D,11D. The summed E-state index contributed by atoms with van der Waals surface area (Å²) in [5, 5.41) is 51.0. The molecule has 4 N–H and O–H groups in total. The predicted molar refractivity (Wildman–Crippen MR) is 514 cm³/mol. The smallest absolute Gasteiger partial charge is 0.159 e. The van der Waals surface area contributed by atoms with Crippen molar-refractivity contribution in [1.29, 1.82) is 21.0 Å². The second kappa shape index (κ2) is 48.9. The number of rotatable bonds is 36. The highest BCUT2D eigenvalue weighted by Gasteiger charge is 2.23. The van der Waals surface area contributed by atoms with Gasteiger partial charge in [0.15, 0.2) is 23.1 Å². The number of carbonyl (C=O) groups is 4. The number of allylic oxidation sites excluding steroid dienone is 4.